The van der Waals surface area contributed by atoms with E-state index in [0.717, 1.165) is 5.69 Å². The summed E-state index contributed by atoms with van der Waals surface area (Å²) >= 11 is 5.82. The van der Waals surface area contributed by atoms with Gasteiger partial charge >= 0.3 is 0 Å². The van der Waals surface area contributed by atoms with Gasteiger partial charge in [0, 0.05) is 10.6 Å². The van der Waals surface area contributed by atoms with Crippen LogP contribution in [-0.2, 0) is 0 Å². The van der Waals surface area contributed by atoms with Gasteiger partial charge in [0.1, 0.15) is 5.75 Å². The second kappa shape index (κ2) is 5.37. The van der Waals surface area contributed by atoms with E-state index in [1.165, 1.54) is 12.3 Å². The summed E-state index contributed by atoms with van der Waals surface area (Å²) in [4.78, 5) is 0. The largest absolute Gasteiger partial charge is 0.507 e. The summed E-state index contributed by atoms with van der Waals surface area (Å²) in [6.45, 7) is 0. The minimum Gasteiger partial charge on any atom is -0.507 e. The molecular weight excluding hydrogens is 236 g/mol. The Kier molecular flexibility index (Phi) is 3.62. The van der Waals surface area contributed by atoms with E-state index in [-0.39, 0.29) is 5.75 Å². The summed E-state index contributed by atoms with van der Waals surface area (Å²) in [5, 5.41) is 14.1. The van der Waals surface area contributed by atoms with Crippen LogP contribution >= 0.6 is 11.6 Å². The normalized spacial score (nSPS) is 10.6. The van der Waals surface area contributed by atoms with Crippen molar-refractivity contribution in [2.45, 2.75) is 0 Å². The molecule has 0 aromatic heterocycles. The molecule has 86 valence electrons. The fourth-order valence-corrected chi connectivity index (χ4v) is 1.50. The standard InChI is InChI=1S/C13H11ClN2O/c14-11-6-7-13(17)10(8-11)9-15-16-12-4-2-1-3-5-12/h1-9,16-17H/b15-9+. The van der Waals surface area contributed by atoms with Gasteiger partial charge in [-0.15, -0.1) is 0 Å². The Hall–Kier alpha value is -2.00. The molecule has 2 N–H and O–H groups in total. The maximum atomic E-state index is 9.55. The van der Waals surface area contributed by atoms with E-state index in [9.17, 15) is 5.11 Å². The van der Waals surface area contributed by atoms with Gasteiger partial charge in [0.15, 0.2) is 0 Å². The molecule has 0 radical (unpaired) electrons. The number of hydrogen-bond donors (Lipinski definition) is 2. The molecule has 0 heterocycles. The number of phenolic OH excluding ortho intramolecular Hbond substituents is 1. The van der Waals surface area contributed by atoms with Crippen LogP contribution in [0.5, 0.6) is 5.75 Å². The fourth-order valence-electron chi connectivity index (χ4n) is 1.32. The highest BCUT2D eigenvalue weighted by atomic mass is 35.5. The second-order valence-corrected chi connectivity index (χ2v) is 3.88. The molecule has 0 amide bonds. The molecule has 0 saturated carbocycles. The Bertz CT molecular complexity index is 526. The van der Waals surface area contributed by atoms with Crippen molar-refractivity contribution < 1.29 is 5.11 Å². The van der Waals surface area contributed by atoms with E-state index in [1.807, 2.05) is 30.3 Å². The molecule has 2 rings (SSSR count). The summed E-state index contributed by atoms with van der Waals surface area (Å²) in [5.41, 5.74) is 4.31. The number of para-hydroxylation sites is 1. The molecule has 0 aliphatic rings. The number of benzene rings is 2. The molecule has 0 spiro atoms. The molecule has 0 saturated heterocycles. The zero-order chi connectivity index (χ0) is 12.1. The summed E-state index contributed by atoms with van der Waals surface area (Å²) in [7, 11) is 0. The first kappa shape index (κ1) is 11.5. The number of hydrazone groups is 1. The van der Waals surface area contributed by atoms with Crippen molar-refractivity contribution in [1.29, 1.82) is 0 Å². The molecule has 2 aromatic carbocycles. The van der Waals surface area contributed by atoms with E-state index >= 15 is 0 Å². The van der Waals surface area contributed by atoms with Gasteiger partial charge in [-0.1, -0.05) is 29.8 Å². The maximum Gasteiger partial charge on any atom is 0.124 e. The molecule has 2 aromatic rings. The van der Waals surface area contributed by atoms with Crippen molar-refractivity contribution in [3.8, 4) is 5.75 Å². The molecule has 0 atom stereocenters. The quantitative estimate of drug-likeness (QED) is 0.643. The molecule has 0 fully saturated rings. The highest BCUT2D eigenvalue weighted by Gasteiger charge is 1.98. The summed E-state index contributed by atoms with van der Waals surface area (Å²) in [5.74, 6) is 0.146. The predicted molar refractivity (Wildman–Crippen MR) is 70.8 cm³/mol. The molecular formula is C13H11ClN2O. The Morgan fingerprint density at radius 3 is 2.65 bits per heavy atom. The number of phenols is 1. The lowest BCUT2D eigenvalue weighted by molar-refractivity contribution is 0.474. The van der Waals surface area contributed by atoms with Crippen LogP contribution in [0.15, 0.2) is 53.6 Å². The SMILES string of the molecule is Oc1ccc(Cl)cc1/C=N/Nc1ccccc1. The average Bonchev–Trinajstić information content (AvgIpc) is 2.35. The second-order valence-electron chi connectivity index (χ2n) is 3.44. The van der Waals surface area contributed by atoms with Crippen LogP contribution < -0.4 is 5.43 Å². The lowest BCUT2D eigenvalue weighted by atomic mass is 10.2. The zero-order valence-corrected chi connectivity index (χ0v) is 9.72. The van der Waals surface area contributed by atoms with Gasteiger partial charge in [0.2, 0.25) is 0 Å². The van der Waals surface area contributed by atoms with E-state index in [2.05, 4.69) is 10.5 Å². The van der Waals surface area contributed by atoms with Gasteiger partial charge in [-0.3, -0.25) is 5.43 Å². The smallest absolute Gasteiger partial charge is 0.124 e. The van der Waals surface area contributed by atoms with Crippen molar-refractivity contribution in [2.24, 2.45) is 5.10 Å². The van der Waals surface area contributed by atoms with E-state index in [0.29, 0.717) is 10.6 Å². The highest BCUT2D eigenvalue weighted by molar-refractivity contribution is 6.30. The van der Waals surface area contributed by atoms with Crippen LogP contribution in [-0.4, -0.2) is 11.3 Å². The monoisotopic (exact) mass is 246 g/mol. The first-order valence-corrected chi connectivity index (χ1v) is 5.46. The van der Waals surface area contributed by atoms with Crippen molar-refractivity contribution >= 4 is 23.5 Å². The third-order valence-corrected chi connectivity index (χ3v) is 2.40. The predicted octanol–water partition coefficient (Wildman–Crippen LogP) is 3.49. The number of nitrogens with zero attached hydrogens (tertiary/aromatic N) is 1. The van der Waals surface area contributed by atoms with Crippen LogP contribution in [0.4, 0.5) is 5.69 Å². The Morgan fingerprint density at radius 2 is 1.88 bits per heavy atom. The molecule has 0 bridgehead atoms. The number of rotatable bonds is 3. The molecule has 4 heteroatoms. The average molecular weight is 247 g/mol. The first-order chi connectivity index (χ1) is 8.25. The Balaban J connectivity index is 2.08. The minimum atomic E-state index is 0.146. The van der Waals surface area contributed by atoms with Gasteiger partial charge in [-0.05, 0) is 30.3 Å². The van der Waals surface area contributed by atoms with Crippen molar-refractivity contribution in [2.75, 3.05) is 5.43 Å². The van der Waals surface area contributed by atoms with Gasteiger partial charge in [0.25, 0.3) is 0 Å². The summed E-state index contributed by atoms with van der Waals surface area (Å²) in [6.07, 6.45) is 1.52. The number of aromatic hydroxyl groups is 1. The van der Waals surface area contributed by atoms with Gasteiger partial charge < -0.3 is 5.11 Å². The Morgan fingerprint density at radius 1 is 1.12 bits per heavy atom. The van der Waals surface area contributed by atoms with Crippen LogP contribution in [0, 0.1) is 0 Å². The van der Waals surface area contributed by atoms with Crippen LogP contribution in [0.25, 0.3) is 0 Å². The van der Waals surface area contributed by atoms with E-state index in [4.69, 9.17) is 11.6 Å². The van der Waals surface area contributed by atoms with Gasteiger partial charge in [-0.25, -0.2) is 0 Å². The maximum absolute atomic E-state index is 9.55. The zero-order valence-electron chi connectivity index (χ0n) is 8.97. The van der Waals surface area contributed by atoms with Crippen molar-refractivity contribution in [1.82, 2.24) is 0 Å². The van der Waals surface area contributed by atoms with E-state index < -0.39 is 0 Å². The lowest BCUT2D eigenvalue weighted by Gasteiger charge is -2.00. The van der Waals surface area contributed by atoms with Gasteiger partial charge in [0.05, 0.1) is 11.9 Å². The Labute approximate surface area is 104 Å². The highest BCUT2D eigenvalue weighted by Crippen LogP contribution is 2.19. The third-order valence-electron chi connectivity index (χ3n) is 2.16. The van der Waals surface area contributed by atoms with Crippen molar-refractivity contribution in [3.05, 3.63) is 59.1 Å². The van der Waals surface area contributed by atoms with Crippen LogP contribution in [0.3, 0.4) is 0 Å². The topological polar surface area (TPSA) is 44.6 Å². The third kappa shape index (κ3) is 3.23. The van der Waals surface area contributed by atoms with Crippen LogP contribution in [0.1, 0.15) is 5.56 Å². The number of anilines is 1. The molecule has 0 aliphatic carbocycles. The molecule has 17 heavy (non-hydrogen) atoms. The van der Waals surface area contributed by atoms with E-state index in [1.54, 1.807) is 12.1 Å². The fraction of sp³-hybridized carbons (Fsp3) is 0. The summed E-state index contributed by atoms with van der Waals surface area (Å²) in [6, 6.07) is 14.4. The summed E-state index contributed by atoms with van der Waals surface area (Å²) < 4.78 is 0. The first-order valence-electron chi connectivity index (χ1n) is 5.08. The number of nitrogens with one attached hydrogen (secondary N) is 1. The minimum absolute atomic E-state index is 0.146. The molecule has 0 aliphatic heterocycles. The number of halogens is 1. The lowest BCUT2D eigenvalue weighted by Crippen LogP contribution is -1.90. The molecule has 3 nitrogen and oxygen atoms in total. The number of hydrogen-bond acceptors (Lipinski definition) is 3. The molecule has 0 unspecified atom stereocenters. The van der Waals surface area contributed by atoms with Gasteiger partial charge in [-0.2, -0.15) is 5.10 Å². The van der Waals surface area contributed by atoms with Crippen molar-refractivity contribution in [3.63, 3.8) is 0 Å². The van der Waals surface area contributed by atoms with Crippen LogP contribution in [0.2, 0.25) is 5.02 Å².